The van der Waals surface area contributed by atoms with Crippen LogP contribution in [0.15, 0.2) is 24.4 Å². The molecule has 102 valence electrons. The van der Waals surface area contributed by atoms with Gasteiger partial charge in [-0.2, -0.15) is 5.10 Å². The van der Waals surface area contributed by atoms with Gasteiger partial charge in [0.05, 0.1) is 17.2 Å². The molecule has 1 aliphatic rings. The number of hydrogen-bond acceptors (Lipinski definition) is 3. The molecule has 1 aliphatic carbocycles. The summed E-state index contributed by atoms with van der Waals surface area (Å²) in [6.45, 7) is 1.74. The Bertz CT molecular complexity index is 733. The maximum Gasteiger partial charge on any atom is 0.177 e. The number of halogens is 1. The molecule has 0 N–H and O–H groups in total. The van der Waals surface area contributed by atoms with Gasteiger partial charge in [0, 0.05) is 18.8 Å². The second-order valence-corrected chi connectivity index (χ2v) is 5.09. The number of rotatable bonds is 2. The van der Waals surface area contributed by atoms with Crippen molar-refractivity contribution in [2.75, 3.05) is 0 Å². The number of aryl methyl sites for hydroxylation is 2. The molecule has 20 heavy (non-hydrogen) atoms. The van der Waals surface area contributed by atoms with Crippen molar-refractivity contribution in [1.82, 2.24) is 9.78 Å². The number of Topliss-reactive ketones (excluding diaryl/α,β-unsaturated/α-hetero) is 2. The molecule has 0 amide bonds. The molecule has 0 bridgehead atoms. The van der Waals surface area contributed by atoms with Gasteiger partial charge in [-0.1, -0.05) is 0 Å². The fourth-order valence-electron chi connectivity index (χ4n) is 2.71. The number of aromatic nitrogens is 2. The predicted molar refractivity (Wildman–Crippen MR) is 70.2 cm³/mol. The molecule has 2 aromatic rings. The molecule has 1 aromatic heterocycles. The summed E-state index contributed by atoms with van der Waals surface area (Å²) in [6.07, 6.45) is 1.88. The number of hydrogen-bond donors (Lipinski definition) is 0. The Hall–Kier alpha value is -2.30. The van der Waals surface area contributed by atoms with Crippen LogP contribution in [0.4, 0.5) is 4.39 Å². The molecule has 1 heterocycles. The van der Waals surface area contributed by atoms with Gasteiger partial charge in [0.2, 0.25) is 0 Å². The van der Waals surface area contributed by atoms with E-state index in [0.717, 1.165) is 0 Å². The molecule has 1 aromatic carbocycles. The Morgan fingerprint density at radius 3 is 2.85 bits per heavy atom. The molecule has 0 spiro atoms. The molecule has 0 saturated heterocycles. The fourth-order valence-corrected chi connectivity index (χ4v) is 2.71. The van der Waals surface area contributed by atoms with Gasteiger partial charge < -0.3 is 0 Å². The summed E-state index contributed by atoms with van der Waals surface area (Å²) in [5.41, 5.74) is 2.12. The van der Waals surface area contributed by atoms with Gasteiger partial charge in [-0.3, -0.25) is 14.3 Å². The van der Waals surface area contributed by atoms with E-state index in [9.17, 15) is 14.0 Å². The first kappa shape index (κ1) is 12.7. The largest absolute Gasteiger partial charge is 0.293 e. The quantitative estimate of drug-likeness (QED) is 0.621. The van der Waals surface area contributed by atoms with Crippen LogP contribution in [0.25, 0.3) is 0 Å². The number of fused-ring (bicyclic) bond motifs is 1. The minimum atomic E-state index is -0.755. The zero-order chi connectivity index (χ0) is 14.4. The van der Waals surface area contributed by atoms with Crippen molar-refractivity contribution in [2.45, 2.75) is 13.3 Å². The highest BCUT2D eigenvalue weighted by Gasteiger charge is 2.37. The van der Waals surface area contributed by atoms with Crippen molar-refractivity contribution >= 4 is 11.6 Å². The molecule has 1 unspecified atom stereocenters. The summed E-state index contributed by atoms with van der Waals surface area (Å²) in [5, 5.41) is 4.12. The van der Waals surface area contributed by atoms with E-state index in [1.165, 1.54) is 18.2 Å². The normalized spacial score (nSPS) is 17.4. The average molecular weight is 272 g/mol. The van der Waals surface area contributed by atoms with Crippen LogP contribution >= 0.6 is 0 Å². The maximum atomic E-state index is 13.2. The second-order valence-electron chi connectivity index (χ2n) is 5.09. The molecule has 0 saturated carbocycles. The zero-order valence-electron chi connectivity index (χ0n) is 11.2. The number of carbonyl (C=O) groups excluding carboxylic acids is 2. The summed E-state index contributed by atoms with van der Waals surface area (Å²) >= 11 is 0. The van der Waals surface area contributed by atoms with Gasteiger partial charge in [0.1, 0.15) is 5.82 Å². The first-order valence-corrected chi connectivity index (χ1v) is 6.34. The van der Waals surface area contributed by atoms with E-state index in [2.05, 4.69) is 5.10 Å². The Labute approximate surface area is 115 Å². The SMILES string of the molecule is Cc1nn(C)cc1C(=O)C1Cc2cc(F)ccc2C1=O. The number of ketones is 2. The standard InChI is InChI=1S/C15H13FN2O2/c1-8-13(7-18(2)17-8)15(20)12-6-9-5-10(16)3-4-11(9)14(12)19/h3-5,7,12H,6H2,1-2H3. The first-order valence-electron chi connectivity index (χ1n) is 6.34. The molecule has 0 radical (unpaired) electrons. The van der Waals surface area contributed by atoms with Crippen molar-refractivity contribution < 1.29 is 14.0 Å². The highest BCUT2D eigenvalue weighted by Crippen LogP contribution is 2.30. The van der Waals surface area contributed by atoms with Gasteiger partial charge in [0.15, 0.2) is 11.6 Å². The van der Waals surface area contributed by atoms with Crippen LogP contribution in [-0.2, 0) is 13.5 Å². The van der Waals surface area contributed by atoms with E-state index >= 15 is 0 Å². The number of benzene rings is 1. The highest BCUT2D eigenvalue weighted by molar-refractivity contribution is 6.18. The van der Waals surface area contributed by atoms with E-state index in [1.54, 1.807) is 24.9 Å². The van der Waals surface area contributed by atoms with Crippen LogP contribution in [0.5, 0.6) is 0 Å². The van der Waals surface area contributed by atoms with Crippen molar-refractivity contribution in [3.05, 3.63) is 52.6 Å². The van der Waals surface area contributed by atoms with E-state index in [0.29, 0.717) is 22.4 Å². The van der Waals surface area contributed by atoms with Crippen LogP contribution in [-0.4, -0.2) is 21.3 Å². The highest BCUT2D eigenvalue weighted by atomic mass is 19.1. The third-order valence-electron chi connectivity index (χ3n) is 3.67. The molecule has 0 aliphatic heterocycles. The van der Waals surface area contributed by atoms with E-state index in [-0.39, 0.29) is 23.8 Å². The summed E-state index contributed by atoms with van der Waals surface area (Å²) in [6, 6.07) is 4.03. The lowest BCUT2D eigenvalue weighted by molar-refractivity contribution is 0.0822. The summed E-state index contributed by atoms with van der Waals surface area (Å²) in [7, 11) is 1.73. The van der Waals surface area contributed by atoms with Crippen LogP contribution in [0.3, 0.4) is 0 Å². The predicted octanol–water partition coefficient (Wildman–Crippen LogP) is 2.11. The lowest BCUT2D eigenvalue weighted by Crippen LogP contribution is -2.21. The van der Waals surface area contributed by atoms with Crippen LogP contribution in [0.1, 0.15) is 32.0 Å². The summed E-state index contributed by atoms with van der Waals surface area (Å²) in [4.78, 5) is 24.7. The topological polar surface area (TPSA) is 52.0 Å². The molecule has 1 atom stereocenters. The van der Waals surface area contributed by atoms with Gasteiger partial charge in [-0.25, -0.2) is 4.39 Å². The molecule has 3 rings (SSSR count). The summed E-state index contributed by atoms with van der Waals surface area (Å²) in [5.74, 6) is -1.61. The Morgan fingerprint density at radius 1 is 1.45 bits per heavy atom. The van der Waals surface area contributed by atoms with Gasteiger partial charge in [-0.05, 0) is 37.1 Å². The van der Waals surface area contributed by atoms with Crippen LogP contribution in [0, 0.1) is 18.7 Å². The lowest BCUT2D eigenvalue weighted by Gasteiger charge is -2.05. The molecular weight excluding hydrogens is 259 g/mol. The van der Waals surface area contributed by atoms with Crippen molar-refractivity contribution in [2.24, 2.45) is 13.0 Å². The fraction of sp³-hybridized carbons (Fsp3) is 0.267. The van der Waals surface area contributed by atoms with E-state index in [1.807, 2.05) is 0 Å². The van der Waals surface area contributed by atoms with E-state index in [4.69, 9.17) is 0 Å². The van der Waals surface area contributed by atoms with Gasteiger partial charge in [-0.15, -0.1) is 0 Å². The third-order valence-corrected chi connectivity index (χ3v) is 3.67. The average Bonchev–Trinajstić information content (AvgIpc) is 2.89. The Morgan fingerprint density at radius 2 is 2.20 bits per heavy atom. The Kier molecular flexibility index (Phi) is 2.78. The molecule has 5 heteroatoms. The smallest absolute Gasteiger partial charge is 0.177 e. The van der Waals surface area contributed by atoms with Gasteiger partial charge in [0.25, 0.3) is 0 Å². The minimum Gasteiger partial charge on any atom is -0.293 e. The summed E-state index contributed by atoms with van der Waals surface area (Å²) < 4.78 is 14.7. The van der Waals surface area contributed by atoms with Crippen molar-refractivity contribution in [3.8, 4) is 0 Å². The maximum absolute atomic E-state index is 13.2. The van der Waals surface area contributed by atoms with Crippen molar-refractivity contribution in [1.29, 1.82) is 0 Å². The number of nitrogens with zero attached hydrogens (tertiary/aromatic N) is 2. The second kappa shape index (κ2) is 4.37. The molecule has 4 nitrogen and oxygen atoms in total. The van der Waals surface area contributed by atoms with Gasteiger partial charge >= 0.3 is 0 Å². The van der Waals surface area contributed by atoms with Crippen LogP contribution < -0.4 is 0 Å². The zero-order valence-corrected chi connectivity index (χ0v) is 11.2. The van der Waals surface area contributed by atoms with E-state index < -0.39 is 5.92 Å². The number of carbonyl (C=O) groups is 2. The lowest BCUT2D eigenvalue weighted by atomic mass is 9.94. The molecule has 0 fully saturated rings. The van der Waals surface area contributed by atoms with Crippen molar-refractivity contribution in [3.63, 3.8) is 0 Å². The minimum absolute atomic E-state index is 0.228. The third kappa shape index (κ3) is 1.86. The first-order chi connectivity index (χ1) is 9.47. The van der Waals surface area contributed by atoms with Crippen LogP contribution in [0.2, 0.25) is 0 Å². The Balaban J connectivity index is 1.96. The monoisotopic (exact) mass is 272 g/mol. The molecular formula is C15H13FN2O2.